The second-order valence-electron chi connectivity index (χ2n) is 5.67. The Kier molecular flexibility index (Phi) is 5.35. The lowest BCUT2D eigenvalue weighted by Crippen LogP contribution is -2.40. The summed E-state index contributed by atoms with van der Waals surface area (Å²) in [4.78, 5) is 35.3. The Balaban J connectivity index is 2.03. The number of rotatable bonds is 5. The largest absolute Gasteiger partial charge is 0.456 e. The number of methoxy groups -OCH3 is 1. The molecule has 0 N–H and O–H groups in total. The van der Waals surface area contributed by atoms with Gasteiger partial charge in [-0.3, -0.25) is 14.2 Å². The Morgan fingerprint density at radius 2 is 1.92 bits per heavy atom. The summed E-state index contributed by atoms with van der Waals surface area (Å²) in [6.07, 6.45) is -0.310. The molecule has 11 heteroatoms. The van der Waals surface area contributed by atoms with E-state index in [2.05, 4.69) is 15.0 Å². The fraction of sp³-hybridized carbons (Fsp3) is 0.533. The van der Waals surface area contributed by atoms with Gasteiger partial charge in [-0.2, -0.15) is 4.98 Å². The van der Waals surface area contributed by atoms with E-state index in [1.807, 2.05) is 0 Å². The summed E-state index contributed by atoms with van der Waals surface area (Å²) in [6.45, 7) is 2.66. The van der Waals surface area contributed by atoms with Gasteiger partial charge in [0.05, 0.1) is 19.1 Å². The minimum Gasteiger partial charge on any atom is -0.456 e. The van der Waals surface area contributed by atoms with Crippen LogP contribution in [0.3, 0.4) is 0 Å². The lowest BCUT2D eigenvalue weighted by atomic mass is 10.1. The SMILES string of the molecule is COC[C@H]1O[C@@H](n2cnc3cnc(Cl)nc32)[C@H](OC(C)=O)[C@@H]1OC(C)=O. The molecule has 26 heavy (non-hydrogen) atoms. The van der Waals surface area contributed by atoms with E-state index in [0.29, 0.717) is 11.2 Å². The number of hydrogen-bond donors (Lipinski definition) is 0. The number of ether oxygens (including phenoxy) is 4. The molecule has 1 fully saturated rings. The van der Waals surface area contributed by atoms with E-state index < -0.39 is 36.5 Å². The van der Waals surface area contributed by atoms with Crippen LogP contribution in [0.25, 0.3) is 11.2 Å². The summed E-state index contributed by atoms with van der Waals surface area (Å²) in [5.74, 6) is -1.07. The first-order valence-electron chi connectivity index (χ1n) is 7.74. The fourth-order valence-electron chi connectivity index (χ4n) is 2.87. The van der Waals surface area contributed by atoms with Crippen molar-refractivity contribution >= 4 is 34.7 Å². The zero-order chi connectivity index (χ0) is 18.8. The minimum atomic E-state index is -0.914. The van der Waals surface area contributed by atoms with Gasteiger partial charge < -0.3 is 18.9 Å². The molecule has 0 aromatic carbocycles. The standard InChI is InChI=1S/C15H17ClN4O6/c1-7(21)24-11-10(5-23-3)26-14(12(11)25-8(2)22)20-6-18-9-4-17-15(16)19-13(9)20/h4,6,10-12,14H,5H2,1-3H3/t10-,11-,12-,14-/m1/s1. The number of carbonyl (C=O) groups excluding carboxylic acids is 2. The Hall–Kier alpha value is -2.30. The quantitative estimate of drug-likeness (QED) is 0.547. The van der Waals surface area contributed by atoms with Crippen LogP contribution in [0.1, 0.15) is 20.1 Å². The van der Waals surface area contributed by atoms with Crippen LogP contribution in [0.4, 0.5) is 0 Å². The van der Waals surface area contributed by atoms with Crippen LogP contribution < -0.4 is 0 Å². The maximum Gasteiger partial charge on any atom is 0.303 e. The van der Waals surface area contributed by atoms with Gasteiger partial charge in [0.25, 0.3) is 0 Å². The van der Waals surface area contributed by atoms with E-state index in [0.717, 1.165) is 0 Å². The molecule has 3 rings (SSSR count). The van der Waals surface area contributed by atoms with Gasteiger partial charge in [-0.25, -0.2) is 9.97 Å². The van der Waals surface area contributed by atoms with Crippen LogP contribution in [-0.2, 0) is 28.5 Å². The highest BCUT2D eigenvalue weighted by Gasteiger charge is 2.50. The molecule has 0 aliphatic carbocycles. The van der Waals surface area contributed by atoms with E-state index in [4.69, 9.17) is 30.5 Å². The Labute approximate surface area is 153 Å². The molecule has 1 saturated heterocycles. The Bertz CT molecular complexity index is 828. The summed E-state index contributed by atoms with van der Waals surface area (Å²) in [5.41, 5.74) is 0.880. The molecule has 0 amide bonds. The van der Waals surface area contributed by atoms with Gasteiger partial charge in [-0.15, -0.1) is 0 Å². The Morgan fingerprint density at radius 1 is 1.23 bits per heavy atom. The first-order valence-corrected chi connectivity index (χ1v) is 8.12. The van der Waals surface area contributed by atoms with E-state index in [1.54, 1.807) is 4.57 Å². The van der Waals surface area contributed by atoms with Crippen LogP contribution in [0.5, 0.6) is 0 Å². The van der Waals surface area contributed by atoms with Crippen molar-refractivity contribution < 1.29 is 28.5 Å². The highest BCUT2D eigenvalue weighted by atomic mass is 35.5. The maximum atomic E-state index is 11.6. The van der Waals surface area contributed by atoms with Gasteiger partial charge in [-0.05, 0) is 11.6 Å². The number of imidazole rings is 1. The average Bonchev–Trinajstić information content (AvgIpc) is 3.10. The zero-order valence-electron chi connectivity index (χ0n) is 14.3. The van der Waals surface area contributed by atoms with Crippen molar-refractivity contribution in [2.24, 2.45) is 0 Å². The molecule has 4 atom stereocenters. The fourth-order valence-corrected chi connectivity index (χ4v) is 3.00. The molecule has 0 radical (unpaired) electrons. The minimum absolute atomic E-state index is 0.0336. The van der Waals surface area contributed by atoms with E-state index in [1.165, 1.54) is 33.5 Å². The number of esters is 2. The number of hydrogen-bond acceptors (Lipinski definition) is 9. The van der Waals surface area contributed by atoms with Gasteiger partial charge in [0, 0.05) is 21.0 Å². The summed E-state index contributed by atoms with van der Waals surface area (Å²) in [5, 5.41) is 0.0336. The molecule has 2 aromatic rings. The van der Waals surface area contributed by atoms with Crippen LogP contribution >= 0.6 is 11.6 Å². The second kappa shape index (κ2) is 7.52. The van der Waals surface area contributed by atoms with Crippen molar-refractivity contribution in [2.45, 2.75) is 38.4 Å². The molecular formula is C15H17ClN4O6. The van der Waals surface area contributed by atoms with Crippen molar-refractivity contribution in [1.29, 1.82) is 0 Å². The maximum absolute atomic E-state index is 11.6. The van der Waals surface area contributed by atoms with E-state index >= 15 is 0 Å². The monoisotopic (exact) mass is 384 g/mol. The van der Waals surface area contributed by atoms with Crippen molar-refractivity contribution in [1.82, 2.24) is 19.5 Å². The molecule has 0 bridgehead atoms. The summed E-state index contributed by atoms with van der Waals surface area (Å²) >= 11 is 5.87. The van der Waals surface area contributed by atoms with Gasteiger partial charge in [0.2, 0.25) is 5.28 Å². The van der Waals surface area contributed by atoms with Crippen molar-refractivity contribution in [3.63, 3.8) is 0 Å². The van der Waals surface area contributed by atoms with Crippen LogP contribution in [-0.4, -0.2) is 63.5 Å². The van der Waals surface area contributed by atoms with Gasteiger partial charge >= 0.3 is 11.9 Å². The molecule has 10 nitrogen and oxygen atoms in total. The molecule has 0 saturated carbocycles. The van der Waals surface area contributed by atoms with Crippen LogP contribution in [0.2, 0.25) is 5.28 Å². The van der Waals surface area contributed by atoms with E-state index in [9.17, 15) is 9.59 Å². The Morgan fingerprint density at radius 3 is 2.58 bits per heavy atom. The predicted octanol–water partition coefficient (Wildman–Crippen LogP) is 0.887. The van der Waals surface area contributed by atoms with Crippen LogP contribution in [0, 0.1) is 0 Å². The molecule has 1 aliphatic heterocycles. The molecule has 0 unspecified atom stereocenters. The summed E-state index contributed by atoms with van der Waals surface area (Å²) < 4.78 is 23.4. The van der Waals surface area contributed by atoms with Crippen molar-refractivity contribution in [2.75, 3.05) is 13.7 Å². The highest BCUT2D eigenvalue weighted by Crippen LogP contribution is 2.35. The third kappa shape index (κ3) is 3.62. The van der Waals surface area contributed by atoms with Crippen molar-refractivity contribution in [3.05, 3.63) is 17.8 Å². The number of aromatic nitrogens is 4. The average molecular weight is 385 g/mol. The third-order valence-corrected chi connectivity index (χ3v) is 3.96. The molecule has 1 aliphatic rings. The normalized spacial score (nSPS) is 25.4. The molecule has 2 aromatic heterocycles. The van der Waals surface area contributed by atoms with Gasteiger partial charge in [0.15, 0.2) is 24.1 Å². The third-order valence-electron chi connectivity index (χ3n) is 3.78. The number of halogens is 1. The highest BCUT2D eigenvalue weighted by molar-refractivity contribution is 6.28. The van der Waals surface area contributed by atoms with Crippen LogP contribution in [0.15, 0.2) is 12.5 Å². The predicted molar refractivity (Wildman–Crippen MR) is 87.2 cm³/mol. The molecule has 0 spiro atoms. The van der Waals surface area contributed by atoms with E-state index in [-0.39, 0.29) is 11.9 Å². The molecule has 3 heterocycles. The topological polar surface area (TPSA) is 115 Å². The number of carbonyl (C=O) groups is 2. The summed E-state index contributed by atoms with van der Waals surface area (Å²) in [7, 11) is 1.49. The first kappa shape index (κ1) is 18.5. The lowest BCUT2D eigenvalue weighted by molar-refractivity contribution is -0.165. The summed E-state index contributed by atoms with van der Waals surface area (Å²) in [6, 6.07) is 0. The number of fused-ring (bicyclic) bond motifs is 1. The second-order valence-corrected chi connectivity index (χ2v) is 6.01. The van der Waals surface area contributed by atoms with Crippen molar-refractivity contribution in [3.8, 4) is 0 Å². The lowest BCUT2D eigenvalue weighted by Gasteiger charge is -2.23. The van der Waals surface area contributed by atoms with Gasteiger partial charge in [0.1, 0.15) is 11.6 Å². The molecule has 140 valence electrons. The first-order chi connectivity index (χ1) is 12.4. The van der Waals surface area contributed by atoms with Gasteiger partial charge in [-0.1, -0.05) is 0 Å². The zero-order valence-corrected chi connectivity index (χ0v) is 15.0. The smallest absolute Gasteiger partial charge is 0.303 e. The molecular weight excluding hydrogens is 368 g/mol. The number of nitrogens with zero attached hydrogens (tertiary/aromatic N) is 4.